The van der Waals surface area contributed by atoms with Crippen molar-refractivity contribution in [3.8, 4) is 0 Å². The molecule has 2 rings (SSSR count). The van der Waals surface area contributed by atoms with Crippen LogP contribution < -0.4 is 0 Å². The molecule has 12 heavy (non-hydrogen) atoms. The summed E-state index contributed by atoms with van der Waals surface area (Å²) in [6.07, 6.45) is 7.54. The fourth-order valence-corrected chi connectivity index (χ4v) is 2.23. The van der Waals surface area contributed by atoms with Gasteiger partial charge in [-0.25, -0.2) is 0 Å². The first kappa shape index (κ1) is 8.55. The van der Waals surface area contributed by atoms with Gasteiger partial charge in [-0.2, -0.15) is 0 Å². The van der Waals surface area contributed by atoms with Gasteiger partial charge >= 0.3 is 0 Å². The van der Waals surface area contributed by atoms with Crippen molar-refractivity contribution in [1.29, 1.82) is 0 Å². The molecular weight excluding hydrogens is 148 g/mol. The molecule has 0 saturated heterocycles. The van der Waals surface area contributed by atoms with Crippen LogP contribution in [-0.4, -0.2) is 11.2 Å². The van der Waals surface area contributed by atoms with E-state index in [0.29, 0.717) is 10.8 Å². The summed E-state index contributed by atoms with van der Waals surface area (Å²) in [5.41, 5.74) is 0.795. The van der Waals surface area contributed by atoms with Crippen LogP contribution in [0.2, 0.25) is 0 Å². The zero-order valence-electron chi connectivity index (χ0n) is 8.27. The summed E-state index contributed by atoms with van der Waals surface area (Å²) in [6, 6.07) is 0. The molecule has 1 N–H and O–H groups in total. The Morgan fingerprint density at radius 2 is 1.75 bits per heavy atom. The van der Waals surface area contributed by atoms with Crippen LogP contribution in [0.15, 0.2) is 0 Å². The van der Waals surface area contributed by atoms with E-state index in [9.17, 15) is 5.11 Å². The minimum absolute atomic E-state index is 0.0252. The van der Waals surface area contributed by atoms with E-state index in [-0.39, 0.29) is 6.10 Å². The van der Waals surface area contributed by atoms with E-state index in [1.165, 1.54) is 32.1 Å². The number of hydrogen-bond acceptors (Lipinski definition) is 1. The topological polar surface area (TPSA) is 20.2 Å². The first-order valence-corrected chi connectivity index (χ1v) is 5.22. The second-order valence-electron chi connectivity index (χ2n) is 5.54. The van der Waals surface area contributed by atoms with Gasteiger partial charge in [0.05, 0.1) is 6.10 Å². The van der Waals surface area contributed by atoms with E-state index in [1.54, 1.807) is 0 Å². The molecule has 0 amide bonds. The van der Waals surface area contributed by atoms with Crippen molar-refractivity contribution in [2.75, 3.05) is 0 Å². The molecular formula is C11H20O. The zero-order chi connectivity index (χ0) is 8.82. The smallest absolute Gasteiger partial charge is 0.0599 e. The van der Waals surface area contributed by atoms with Crippen LogP contribution in [0.3, 0.4) is 0 Å². The monoisotopic (exact) mass is 168 g/mol. The summed E-state index contributed by atoms with van der Waals surface area (Å²) >= 11 is 0. The van der Waals surface area contributed by atoms with Gasteiger partial charge in [0.25, 0.3) is 0 Å². The van der Waals surface area contributed by atoms with Crippen LogP contribution in [0.5, 0.6) is 0 Å². The molecule has 1 unspecified atom stereocenters. The second kappa shape index (κ2) is 2.47. The van der Waals surface area contributed by atoms with Crippen molar-refractivity contribution >= 4 is 0 Å². The largest absolute Gasteiger partial charge is 0.393 e. The SMILES string of the molecule is CC1(CC(O)C2(C)CC2)CCC1. The molecule has 0 bridgehead atoms. The van der Waals surface area contributed by atoms with Gasteiger partial charge in [-0.1, -0.05) is 20.3 Å². The van der Waals surface area contributed by atoms with E-state index in [0.717, 1.165) is 6.42 Å². The number of aliphatic hydroxyl groups is 1. The minimum Gasteiger partial charge on any atom is -0.393 e. The molecule has 2 aliphatic rings. The average Bonchev–Trinajstić information content (AvgIpc) is 2.66. The predicted molar refractivity (Wildman–Crippen MR) is 49.9 cm³/mol. The third kappa shape index (κ3) is 1.39. The molecule has 0 aromatic rings. The maximum absolute atomic E-state index is 9.95. The maximum Gasteiger partial charge on any atom is 0.0599 e. The minimum atomic E-state index is -0.0252. The maximum atomic E-state index is 9.95. The lowest BCUT2D eigenvalue weighted by molar-refractivity contribution is 0.0173. The van der Waals surface area contributed by atoms with Gasteiger partial charge in [0, 0.05) is 0 Å². The van der Waals surface area contributed by atoms with E-state index < -0.39 is 0 Å². The lowest BCUT2D eigenvalue weighted by atomic mass is 9.66. The fraction of sp³-hybridized carbons (Fsp3) is 1.00. The van der Waals surface area contributed by atoms with E-state index in [2.05, 4.69) is 13.8 Å². The summed E-state index contributed by atoms with van der Waals surface area (Å²) in [4.78, 5) is 0. The Morgan fingerprint density at radius 3 is 2.08 bits per heavy atom. The number of hydrogen-bond donors (Lipinski definition) is 1. The highest BCUT2D eigenvalue weighted by atomic mass is 16.3. The zero-order valence-corrected chi connectivity index (χ0v) is 8.27. The number of aliphatic hydroxyl groups excluding tert-OH is 1. The third-order valence-corrected chi connectivity index (χ3v) is 4.09. The van der Waals surface area contributed by atoms with Crippen molar-refractivity contribution in [2.45, 2.75) is 58.5 Å². The van der Waals surface area contributed by atoms with E-state index in [1.807, 2.05) is 0 Å². The summed E-state index contributed by atoms with van der Waals surface area (Å²) < 4.78 is 0. The molecule has 2 fully saturated rings. The van der Waals surface area contributed by atoms with Crippen molar-refractivity contribution in [1.82, 2.24) is 0 Å². The Labute approximate surface area is 75.2 Å². The van der Waals surface area contributed by atoms with Gasteiger partial charge < -0.3 is 5.11 Å². The van der Waals surface area contributed by atoms with Gasteiger partial charge in [0.1, 0.15) is 0 Å². The quantitative estimate of drug-likeness (QED) is 0.687. The molecule has 1 atom stereocenters. The molecule has 0 aromatic heterocycles. The molecule has 70 valence electrons. The van der Waals surface area contributed by atoms with Crippen molar-refractivity contribution in [3.63, 3.8) is 0 Å². The third-order valence-electron chi connectivity index (χ3n) is 4.09. The van der Waals surface area contributed by atoms with Crippen LogP contribution in [0.1, 0.15) is 52.4 Å². The van der Waals surface area contributed by atoms with Crippen LogP contribution in [-0.2, 0) is 0 Å². The molecule has 0 heterocycles. The highest BCUT2D eigenvalue weighted by molar-refractivity contribution is 4.98. The lowest BCUT2D eigenvalue weighted by Crippen LogP contribution is -2.33. The summed E-state index contributed by atoms with van der Waals surface area (Å²) in [5.74, 6) is 0. The van der Waals surface area contributed by atoms with Gasteiger partial charge in [-0.3, -0.25) is 0 Å². The molecule has 2 saturated carbocycles. The standard InChI is InChI=1S/C11H20O/c1-10(4-3-5-10)8-9(12)11(2)6-7-11/h9,12H,3-8H2,1-2H3. The average molecular weight is 168 g/mol. The molecule has 0 aromatic carbocycles. The van der Waals surface area contributed by atoms with Crippen LogP contribution >= 0.6 is 0 Å². The van der Waals surface area contributed by atoms with Gasteiger partial charge in [-0.15, -0.1) is 0 Å². The Kier molecular flexibility index (Phi) is 1.76. The van der Waals surface area contributed by atoms with Crippen molar-refractivity contribution < 1.29 is 5.11 Å². The van der Waals surface area contributed by atoms with Gasteiger partial charge in [0.15, 0.2) is 0 Å². The van der Waals surface area contributed by atoms with E-state index >= 15 is 0 Å². The summed E-state index contributed by atoms with van der Waals surface area (Å²) in [5, 5.41) is 9.95. The van der Waals surface area contributed by atoms with Gasteiger partial charge in [0.2, 0.25) is 0 Å². The fourth-order valence-electron chi connectivity index (χ4n) is 2.23. The Morgan fingerprint density at radius 1 is 1.17 bits per heavy atom. The lowest BCUT2D eigenvalue weighted by Gasteiger charge is -2.41. The molecule has 2 aliphatic carbocycles. The van der Waals surface area contributed by atoms with Crippen LogP contribution in [0.25, 0.3) is 0 Å². The molecule has 1 heteroatoms. The molecule has 0 aliphatic heterocycles. The van der Waals surface area contributed by atoms with Crippen LogP contribution in [0, 0.1) is 10.8 Å². The molecule has 0 spiro atoms. The predicted octanol–water partition coefficient (Wildman–Crippen LogP) is 2.73. The highest BCUT2D eigenvalue weighted by Crippen LogP contribution is 2.53. The molecule has 0 radical (unpaired) electrons. The summed E-state index contributed by atoms with van der Waals surface area (Å²) in [6.45, 7) is 4.55. The Bertz CT molecular complexity index is 177. The Hall–Kier alpha value is -0.0400. The van der Waals surface area contributed by atoms with E-state index in [4.69, 9.17) is 0 Å². The van der Waals surface area contributed by atoms with Gasteiger partial charge in [-0.05, 0) is 42.9 Å². The van der Waals surface area contributed by atoms with Crippen molar-refractivity contribution in [2.24, 2.45) is 10.8 Å². The molecule has 1 nitrogen and oxygen atoms in total. The second-order valence-corrected chi connectivity index (χ2v) is 5.54. The summed E-state index contributed by atoms with van der Waals surface area (Å²) in [7, 11) is 0. The Balaban J connectivity index is 1.85. The normalized spacial score (nSPS) is 32.2. The van der Waals surface area contributed by atoms with Crippen molar-refractivity contribution in [3.05, 3.63) is 0 Å². The first-order chi connectivity index (χ1) is 5.54. The number of rotatable bonds is 3. The first-order valence-electron chi connectivity index (χ1n) is 5.22. The van der Waals surface area contributed by atoms with Crippen LogP contribution in [0.4, 0.5) is 0 Å². The highest BCUT2D eigenvalue weighted by Gasteiger charge is 2.47.